The van der Waals surface area contributed by atoms with Crippen LogP contribution in [0.2, 0.25) is 0 Å². The molecule has 24 aromatic rings. The third-order valence-corrected chi connectivity index (χ3v) is 25.2. The summed E-state index contributed by atoms with van der Waals surface area (Å²) >= 11 is 0. The summed E-state index contributed by atoms with van der Waals surface area (Å²) in [5.41, 5.74) is 29.6. The maximum atomic E-state index is 7.07. The van der Waals surface area contributed by atoms with Gasteiger partial charge in [-0.05, 0) is 274 Å². The largest absolute Gasteiger partial charge is 0.456 e. The number of rotatable bonds is 14. The van der Waals surface area contributed by atoms with Crippen molar-refractivity contribution in [2.45, 2.75) is 27.7 Å². The molecule has 0 saturated heterocycles. The standard InChI is InChI=1S/C60H44N2O2.C56H36N2O2/c1-37-39(3)58(62(43-21-10-6-11-22-43)44-23-12-7-13-24-44)40(4)38(2)56(37)41-31-33-50-52(35-41)46-25-14-15-27-48(46)57-51-34-32-45(36-55(51)64-60(50)57)61(42-19-8-5-9-20-42)53-29-18-28-49-47-26-16-17-30-54(47)63-59(49)53;1-5-15-39(16-6-1)57(40-17-7-2-8-18-40)43-27-31-47-46-29-25-38(34-52(46)59-53(47)35-43)37-26-30-49-51(33-37)45-23-13-14-24-48(45)55-50-32-28-44(36-54(50)60-56(49)55)58(41-19-9-3-10-20-41)42-21-11-4-12-22-42/h5-36H,1-4H3;1-36H. The van der Waals surface area contributed by atoms with Crippen LogP contribution in [0.5, 0.6) is 0 Å². The second-order valence-corrected chi connectivity index (χ2v) is 32.2. The highest BCUT2D eigenvalue weighted by Gasteiger charge is 2.28. The highest BCUT2D eigenvalue weighted by molar-refractivity contribution is 6.32. The summed E-state index contributed by atoms with van der Waals surface area (Å²) in [6.45, 7) is 9.12. The zero-order valence-corrected chi connectivity index (χ0v) is 68.7. The fourth-order valence-corrected chi connectivity index (χ4v) is 19.3. The maximum absolute atomic E-state index is 7.07. The molecule has 0 fully saturated rings. The molecule has 0 aliphatic rings. The molecule has 0 radical (unpaired) electrons. The van der Waals surface area contributed by atoms with Crippen molar-refractivity contribution in [3.05, 3.63) is 435 Å². The molecule has 0 N–H and O–H groups in total. The Labute approximate surface area is 716 Å². The van der Waals surface area contributed by atoms with Gasteiger partial charge in [0, 0.05) is 123 Å². The Morgan fingerprint density at radius 1 is 0.169 bits per heavy atom. The molecule has 24 rings (SSSR count). The summed E-state index contributed by atoms with van der Waals surface area (Å²) in [7, 11) is 0. The summed E-state index contributed by atoms with van der Waals surface area (Å²) in [4.78, 5) is 9.22. The van der Waals surface area contributed by atoms with Gasteiger partial charge in [-0.3, -0.25) is 0 Å². The van der Waals surface area contributed by atoms with Crippen LogP contribution in [0.1, 0.15) is 22.3 Å². The van der Waals surface area contributed by atoms with Crippen molar-refractivity contribution in [3.8, 4) is 22.3 Å². The van der Waals surface area contributed by atoms with Gasteiger partial charge in [0.05, 0.1) is 17.1 Å². The van der Waals surface area contributed by atoms with E-state index in [9.17, 15) is 0 Å². The van der Waals surface area contributed by atoms with Gasteiger partial charge in [0.1, 0.15) is 39.1 Å². The first-order valence-electron chi connectivity index (χ1n) is 42.3. The van der Waals surface area contributed by atoms with Crippen molar-refractivity contribution in [2.24, 2.45) is 0 Å². The van der Waals surface area contributed by atoms with E-state index in [4.69, 9.17) is 17.7 Å². The summed E-state index contributed by atoms with van der Waals surface area (Å²) in [5.74, 6) is 0. The van der Waals surface area contributed by atoms with Crippen LogP contribution in [-0.2, 0) is 0 Å². The van der Waals surface area contributed by atoms with Crippen LogP contribution in [0.15, 0.2) is 430 Å². The number of furan rings is 4. The van der Waals surface area contributed by atoms with Gasteiger partial charge >= 0.3 is 0 Å². The number of benzene rings is 20. The highest BCUT2D eigenvalue weighted by atomic mass is 16.3. The van der Waals surface area contributed by atoms with Crippen molar-refractivity contribution >= 4 is 199 Å². The number of fused-ring (bicyclic) bond motifs is 22. The Balaban J connectivity index is 0.000000144. The van der Waals surface area contributed by atoms with Crippen LogP contribution in [0.25, 0.3) is 153 Å². The van der Waals surface area contributed by atoms with Gasteiger partial charge < -0.3 is 37.3 Å². The molecule has 588 valence electrons. The van der Waals surface area contributed by atoms with Crippen LogP contribution >= 0.6 is 0 Å². The molecule has 0 saturated carbocycles. The fraction of sp³-hybridized carbons (Fsp3) is 0.0345. The van der Waals surface area contributed by atoms with E-state index < -0.39 is 0 Å². The first-order valence-corrected chi connectivity index (χ1v) is 42.3. The minimum Gasteiger partial charge on any atom is -0.456 e. The van der Waals surface area contributed by atoms with E-state index >= 15 is 0 Å². The van der Waals surface area contributed by atoms with Crippen LogP contribution in [0, 0.1) is 27.7 Å². The van der Waals surface area contributed by atoms with Crippen molar-refractivity contribution in [1.29, 1.82) is 0 Å². The minimum atomic E-state index is 0.835. The Morgan fingerprint density at radius 2 is 0.476 bits per heavy atom. The van der Waals surface area contributed by atoms with Crippen LogP contribution in [0.3, 0.4) is 0 Å². The molecule has 0 aliphatic carbocycles. The van der Waals surface area contributed by atoms with Gasteiger partial charge in [0.25, 0.3) is 0 Å². The number of anilines is 12. The van der Waals surface area contributed by atoms with Crippen molar-refractivity contribution in [1.82, 2.24) is 0 Å². The zero-order valence-electron chi connectivity index (χ0n) is 68.7. The number of para-hydroxylation sites is 9. The summed E-state index contributed by atoms with van der Waals surface area (Å²) in [6.07, 6.45) is 0. The molecule has 0 bridgehead atoms. The monoisotopic (exact) mass is 1590 g/mol. The minimum absolute atomic E-state index is 0.835. The second-order valence-electron chi connectivity index (χ2n) is 32.2. The summed E-state index contributed by atoms with van der Waals surface area (Å²) < 4.78 is 27.2. The van der Waals surface area contributed by atoms with Gasteiger partial charge in [-0.25, -0.2) is 0 Å². The van der Waals surface area contributed by atoms with E-state index in [2.05, 4.69) is 436 Å². The normalized spacial score (nSPS) is 11.7. The van der Waals surface area contributed by atoms with Crippen LogP contribution in [-0.4, -0.2) is 0 Å². The summed E-state index contributed by atoms with van der Waals surface area (Å²) in [5, 5.41) is 18.1. The maximum Gasteiger partial charge on any atom is 0.159 e. The third-order valence-electron chi connectivity index (χ3n) is 25.2. The van der Waals surface area contributed by atoms with Gasteiger partial charge in [0.2, 0.25) is 0 Å². The van der Waals surface area contributed by atoms with E-state index in [-0.39, 0.29) is 0 Å². The number of nitrogens with zero attached hydrogens (tertiary/aromatic N) is 4. The zero-order chi connectivity index (χ0) is 82.6. The lowest BCUT2D eigenvalue weighted by Gasteiger charge is -2.31. The van der Waals surface area contributed by atoms with Gasteiger partial charge in [-0.15, -0.1) is 0 Å². The summed E-state index contributed by atoms with van der Waals surface area (Å²) in [6, 6.07) is 146. The molecule has 8 nitrogen and oxygen atoms in total. The predicted molar refractivity (Wildman–Crippen MR) is 521 cm³/mol. The van der Waals surface area contributed by atoms with Gasteiger partial charge in [-0.1, -0.05) is 224 Å². The third kappa shape index (κ3) is 12.2. The Morgan fingerprint density at radius 3 is 0.935 bits per heavy atom. The smallest absolute Gasteiger partial charge is 0.159 e. The van der Waals surface area contributed by atoms with Crippen molar-refractivity contribution in [3.63, 3.8) is 0 Å². The molecular weight excluding hydrogens is 1510 g/mol. The lowest BCUT2D eigenvalue weighted by atomic mass is 9.86. The lowest BCUT2D eigenvalue weighted by molar-refractivity contribution is 0.668. The Kier molecular flexibility index (Phi) is 17.6. The second kappa shape index (κ2) is 30.0. The van der Waals surface area contributed by atoms with Crippen LogP contribution in [0.4, 0.5) is 68.2 Å². The molecular formula is C116H80N4O4. The number of hydrogen-bond acceptors (Lipinski definition) is 8. The predicted octanol–water partition coefficient (Wildman–Crippen LogP) is 34.0. The van der Waals surface area contributed by atoms with E-state index in [0.717, 1.165) is 178 Å². The Hall–Kier alpha value is -16.2. The van der Waals surface area contributed by atoms with E-state index in [1.54, 1.807) is 0 Å². The average molecular weight is 1590 g/mol. The Bertz CT molecular complexity index is 8140. The van der Waals surface area contributed by atoms with E-state index in [1.807, 2.05) is 24.3 Å². The van der Waals surface area contributed by atoms with Crippen molar-refractivity contribution in [2.75, 3.05) is 19.6 Å². The molecule has 0 atom stereocenters. The van der Waals surface area contributed by atoms with Crippen LogP contribution < -0.4 is 19.6 Å². The SMILES string of the molecule is Cc1c(C)c(N(c2ccccc2)c2ccccc2)c(C)c(C)c1-c1ccc2c(c1)c1ccccc1c1c3ccc(N(c4ccccc4)c4cccc5c4oc4ccccc45)cc3oc21.c1ccc(N(c2ccccc2)c2ccc3c(c2)oc2cc(-c4ccc5c(c4)c4ccccc4c4c6ccc(N(c7ccccc7)c7ccccc7)cc6oc54)ccc23)cc1. The molecule has 0 unspecified atom stereocenters. The lowest BCUT2D eigenvalue weighted by Crippen LogP contribution is -2.15. The molecule has 20 aromatic carbocycles. The molecule has 4 heterocycles. The highest BCUT2D eigenvalue weighted by Crippen LogP contribution is 2.52. The molecule has 0 aliphatic heterocycles. The van der Waals surface area contributed by atoms with Gasteiger partial charge in [-0.2, -0.15) is 0 Å². The van der Waals surface area contributed by atoms with E-state index in [1.165, 1.54) is 66.0 Å². The van der Waals surface area contributed by atoms with Gasteiger partial charge in [0.15, 0.2) is 5.58 Å². The number of hydrogen-bond donors (Lipinski definition) is 0. The quantitative estimate of drug-likeness (QED) is 0.0998. The van der Waals surface area contributed by atoms with E-state index in [0.29, 0.717) is 0 Å². The fourth-order valence-electron chi connectivity index (χ4n) is 19.3. The first-order chi connectivity index (χ1) is 61.2. The average Bonchev–Trinajstić information content (AvgIpc) is 1.62. The molecule has 0 spiro atoms. The first kappa shape index (κ1) is 73.0. The topological polar surface area (TPSA) is 65.5 Å². The van der Waals surface area contributed by atoms with Crippen molar-refractivity contribution < 1.29 is 17.7 Å². The molecule has 124 heavy (non-hydrogen) atoms. The molecule has 8 heteroatoms. The molecule has 4 aromatic heterocycles. The molecule has 0 amide bonds.